The number of nitrogens with one attached hydrogen (secondary N) is 1. The molecule has 2 aromatic rings. The van der Waals surface area contributed by atoms with Gasteiger partial charge in [0.15, 0.2) is 11.5 Å². The van der Waals surface area contributed by atoms with Crippen LogP contribution < -0.4 is 10.1 Å². The number of halogens is 3. The van der Waals surface area contributed by atoms with Crippen molar-refractivity contribution in [1.82, 2.24) is 0 Å². The van der Waals surface area contributed by atoms with Gasteiger partial charge in [0.2, 0.25) is 0 Å². The molecule has 1 aliphatic carbocycles. The summed E-state index contributed by atoms with van der Waals surface area (Å²) in [6.45, 7) is 3.89. The quantitative estimate of drug-likeness (QED) is 0.862. The zero-order valence-corrected chi connectivity index (χ0v) is 14.1. The Balaban J connectivity index is 1.72. The number of Topliss-reactive ketones (excluding diaryl/α,β-unsaturated/α-hetero) is 1. The minimum absolute atomic E-state index is 0.0170. The van der Waals surface area contributed by atoms with Crippen molar-refractivity contribution < 1.29 is 31.9 Å². The lowest BCUT2D eigenvalue weighted by atomic mass is 9.77. The van der Waals surface area contributed by atoms with Crippen molar-refractivity contribution in [3.63, 3.8) is 0 Å². The smallest absolute Gasteiger partial charge is 0.455 e. The largest absolute Gasteiger partial charge is 0.573 e. The van der Waals surface area contributed by atoms with Gasteiger partial charge in [-0.1, -0.05) is 13.8 Å². The van der Waals surface area contributed by atoms with E-state index in [4.69, 9.17) is 4.42 Å². The summed E-state index contributed by atoms with van der Waals surface area (Å²) < 4.78 is 45.7. The second-order valence-corrected chi connectivity index (χ2v) is 6.91. The first kappa shape index (κ1) is 18.0. The van der Waals surface area contributed by atoms with Crippen molar-refractivity contribution in [2.45, 2.75) is 33.1 Å². The first-order valence-electron chi connectivity index (χ1n) is 7.85. The van der Waals surface area contributed by atoms with Gasteiger partial charge >= 0.3 is 6.36 Å². The molecule has 0 atom stereocenters. The molecule has 0 spiro atoms. The maximum atomic E-state index is 12.3. The predicted octanol–water partition coefficient (Wildman–Crippen LogP) is 4.59. The van der Waals surface area contributed by atoms with Crippen LogP contribution in [0.15, 0.2) is 34.7 Å². The van der Waals surface area contributed by atoms with Crippen LogP contribution in [0.1, 0.15) is 46.9 Å². The van der Waals surface area contributed by atoms with Gasteiger partial charge in [-0.05, 0) is 29.7 Å². The van der Waals surface area contributed by atoms with Crippen LogP contribution >= 0.6 is 0 Å². The van der Waals surface area contributed by atoms with E-state index in [-0.39, 0.29) is 22.6 Å². The number of ether oxygens (including phenoxy) is 1. The predicted molar refractivity (Wildman–Crippen MR) is 86.2 cm³/mol. The Hall–Kier alpha value is -2.77. The van der Waals surface area contributed by atoms with Crippen molar-refractivity contribution >= 4 is 17.4 Å². The van der Waals surface area contributed by atoms with Crippen LogP contribution in [0.2, 0.25) is 0 Å². The third-order valence-electron chi connectivity index (χ3n) is 3.96. The van der Waals surface area contributed by atoms with Gasteiger partial charge in [0.25, 0.3) is 5.91 Å². The lowest BCUT2D eigenvalue weighted by molar-refractivity contribution is -0.274. The first-order chi connectivity index (χ1) is 12.0. The molecule has 8 heteroatoms. The molecule has 1 aromatic carbocycles. The maximum absolute atomic E-state index is 12.3. The zero-order valence-electron chi connectivity index (χ0n) is 14.1. The molecule has 1 aromatic heterocycles. The van der Waals surface area contributed by atoms with E-state index in [0.29, 0.717) is 24.2 Å². The van der Waals surface area contributed by atoms with E-state index in [9.17, 15) is 22.8 Å². The molecular weight excluding hydrogens is 351 g/mol. The Morgan fingerprint density at radius 1 is 1.19 bits per heavy atom. The summed E-state index contributed by atoms with van der Waals surface area (Å²) in [6.07, 6.45) is -3.86. The highest BCUT2D eigenvalue weighted by atomic mass is 19.4. The fraction of sp³-hybridized carbons (Fsp3) is 0.333. The molecule has 3 rings (SSSR count). The SMILES string of the molecule is CC1(C)CC(=O)c2cc(C(=O)Nc3ccc(OC(F)(F)F)cc3)oc2C1. The minimum atomic E-state index is -4.78. The van der Waals surface area contributed by atoms with Crippen LogP contribution in [0.25, 0.3) is 0 Å². The van der Waals surface area contributed by atoms with E-state index >= 15 is 0 Å². The minimum Gasteiger partial charge on any atom is -0.455 e. The summed E-state index contributed by atoms with van der Waals surface area (Å²) in [5, 5.41) is 2.51. The number of fused-ring (bicyclic) bond motifs is 1. The van der Waals surface area contributed by atoms with Crippen LogP contribution in [0.3, 0.4) is 0 Å². The number of alkyl halides is 3. The summed E-state index contributed by atoms with van der Waals surface area (Å²) >= 11 is 0. The summed E-state index contributed by atoms with van der Waals surface area (Å²) in [6, 6.07) is 6.13. The number of ketones is 1. The van der Waals surface area contributed by atoms with Crippen molar-refractivity contribution in [3.8, 4) is 5.75 Å². The highest BCUT2D eigenvalue weighted by molar-refractivity contribution is 6.05. The number of rotatable bonds is 3. The molecule has 138 valence electrons. The van der Waals surface area contributed by atoms with Gasteiger partial charge in [0, 0.05) is 24.6 Å². The fourth-order valence-corrected chi connectivity index (χ4v) is 2.87. The fourth-order valence-electron chi connectivity index (χ4n) is 2.87. The van der Waals surface area contributed by atoms with E-state index in [1.807, 2.05) is 13.8 Å². The number of benzene rings is 1. The molecule has 0 aliphatic heterocycles. The molecule has 26 heavy (non-hydrogen) atoms. The van der Waals surface area contributed by atoms with Crippen LogP contribution in [0.4, 0.5) is 18.9 Å². The van der Waals surface area contributed by atoms with Gasteiger partial charge in [-0.3, -0.25) is 9.59 Å². The van der Waals surface area contributed by atoms with Gasteiger partial charge in [0.1, 0.15) is 11.5 Å². The highest BCUT2D eigenvalue weighted by Crippen LogP contribution is 2.36. The monoisotopic (exact) mass is 367 g/mol. The van der Waals surface area contributed by atoms with Gasteiger partial charge in [-0.15, -0.1) is 13.2 Å². The average Bonchev–Trinajstić information content (AvgIpc) is 2.90. The van der Waals surface area contributed by atoms with Gasteiger partial charge < -0.3 is 14.5 Å². The highest BCUT2D eigenvalue weighted by Gasteiger charge is 2.35. The van der Waals surface area contributed by atoms with Crippen molar-refractivity contribution in [1.29, 1.82) is 0 Å². The van der Waals surface area contributed by atoms with Crippen molar-refractivity contribution in [2.24, 2.45) is 5.41 Å². The Morgan fingerprint density at radius 3 is 2.46 bits per heavy atom. The molecule has 0 radical (unpaired) electrons. The molecular formula is C18H16F3NO4. The third kappa shape index (κ3) is 4.07. The van der Waals surface area contributed by atoms with E-state index in [1.165, 1.54) is 18.2 Å². The second-order valence-electron chi connectivity index (χ2n) is 6.91. The molecule has 1 heterocycles. The van der Waals surface area contributed by atoms with E-state index in [1.54, 1.807) is 0 Å². The normalized spacial score (nSPS) is 16.1. The van der Waals surface area contributed by atoms with Crippen LogP contribution in [0.5, 0.6) is 5.75 Å². The first-order valence-corrected chi connectivity index (χ1v) is 7.85. The van der Waals surface area contributed by atoms with Crippen LogP contribution in [-0.2, 0) is 6.42 Å². The van der Waals surface area contributed by atoms with Gasteiger partial charge in [-0.25, -0.2) is 0 Å². The summed E-state index contributed by atoms with van der Waals surface area (Å²) in [4.78, 5) is 24.4. The number of amides is 1. The van der Waals surface area contributed by atoms with Crippen molar-refractivity contribution in [3.05, 3.63) is 47.4 Å². The summed E-state index contributed by atoms with van der Waals surface area (Å²) in [7, 11) is 0. The molecule has 0 unspecified atom stereocenters. The van der Waals surface area contributed by atoms with Crippen LogP contribution in [0, 0.1) is 5.41 Å². The Labute approximate surface area is 147 Å². The third-order valence-corrected chi connectivity index (χ3v) is 3.96. The summed E-state index contributed by atoms with van der Waals surface area (Å²) in [5.41, 5.74) is 0.443. The molecule has 1 aliphatic rings. The lowest BCUT2D eigenvalue weighted by Crippen LogP contribution is -2.25. The molecule has 0 bridgehead atoms. The standard InChI is InChI=1S/C18H16F3NO4/c1-17(2)8-13(23)12-7-14(25-15(12)9-17)16(24)22-10-3-5-11(6-4-10)26-18(19,20)21/h3-7H,8-9H2,1-2H3,(H,22,24). The number of hydrogen-bond acceptors (Lipinski definition) is 4. The number of furan rings is 1. The van der Waals surface area contributed by atoms with E-state index in [2.05, 4.69) is 10.1 Å². The Kier molecular flexibility index (Phi) is 4.29. The summed E-state index contributed by atoms with van der Waals surface area (Å²) in [5.74, 6) is -0.596. The molecule has 0 fully saturated rings. The van der Waals surface area contributed by atoms with Gasteiger partial charge in [0.05, 0.1) is 5.56 Å². The lowest BCUT2D eigenvalue weighted by Gasteiger charge is -2.26. The maximum Gasteiger partial charge on any atom is 0.573 e. The molecule has 0 saturated heterocycles. The number of carbonyl (C=O) groups excluding carboxylic acids is 2. The Morgan fingerprint density at radius 2 is 1.85 bits per heavy atom. The number of anilines is 1. The second kappa shape index (κ2) is 6.19. The molecule has 1 amide bonds. The topological polar surface area (TPSA) is 68.5 Å². The van der Waals surface area contributed by atoms with Crippen LogP contribution in [-0.4, -0.2) is 18.1 Å². The molecule has 0 saturated carbocycles. The zero-order chi connectivity index (χ0) is 19.1. The average molecular weight is 367 g/mol. The van der Waals surface area contributed by atoms with Crippen molar-refractivity contribution in [2.75, 3.05) is 5.32 Å². The number of hydrogen-bond donors (Lipinski definition) is 1. The molecule has 1 N–H and O–H groups in total. The number of carbonyl (C=O) groups is 2. The molecule has 5 nitrogen and oxygen atoms in total. The Bertz CT molecular complexity index is 850. The van der Waals surface area contributed by atoms with E-state index in [0.717, 1.165) is 12.1 Å². The van der Waals surface area contributed by atoms with Gasteiger partial charge in [-0.2, -0.15) is 0 Å². The van der Waals surface area contributed by atoms with E-state index < -0.39 is 18.0 Å².